The number of carbonyl (C=O) groups is 3. The maximum atomic E-state index is 12.6. The summed E-state index contributed by atoms with van der Waals surface area (Å²) < 4.78 is 0.470. The van der Waals surface area contributed by atoms with E-state index in [1.165, 1.54) is 30.3 Å². The van der Waals surface area contributed by atoms with E-state index in [-0.39, 0.29) is 34.2 Å². The fraction of sp³-hybridized carbons (Fsp3) is 0.273. The molecule has 0 saturated carbocycles. The van der Waals surface area contributed by atoms with E-state index in [0.717, 1.165) is 0 Å². The first kappa shape index (κ1) is 27.0. The van der Waals surface area contributed by atoms with Gasteiger partial charge in [-0.2, -0.15) is 0 Å². The lowest BCUT2D eigenvalue weighted by Crippen LogP contribution is -2.42. The Bertz CT molecular complexity index is 1210. The van der Waals surface area contributed by atoms with Gasteiger partial charge in [0.25, 0.3) is 5.91 Å². The van der Waals surface area contributed by atoms with Crippen LogP contribution < -0.4 is 21.3 Å². The van der Waals surface area contributed by atoms with Crippen molar-refractivity contribution in [1.82, 2.24) is 16.0 Å². The van der Waals surface area contributed by atoms with Crippen LogP contribution in [-0.2, 0) is 9.59 Å². The van der Waals surface area contributed by atoms with Crippen LogP contribution in [0.1, 0.15) is 28.4 Å². The summed E-state index contributed by atoms with van der Waals surface area (Å²) in [6, 6.07) is 5.72. The summed E-state index contributed by atoms with van der Waals surface area (Å²) in [6.07, 6.45) is -1.15. The number of guanidine groups is 1. The van der Waals surface area contributed by atoms with Crippen molar-refractivity contribution in [3.8, 4) is 11.5 Å². The summed E-state index contributed by atoms with van der Waals surface area (Å²) in [5.74, 6) is -2.86. The first-order chi connectivity index (χ1) is 17.0. The number of aliphatic hydroxyl groups excluding tert-OH is 1. The highest BCUT2D eigenvalue weighted by atomic mass is 79.9. The number of aliphatic imine (C=N–C) groups is 1. The molecular weight excluding hydrogens is 562 g/mol. The van der Waals surface area contributed by atoms with Gasteiger partial charge >= 0.3 is 5.97 Å². The van der Waals surface area contributed by atoms with Crippen LogP contribution >= 0.6 is 27.5 Å². The van der Waals surface area contributed by atoms with Gasteiger partial charge in [-0.25, -0.2) is 0 Å². The summed E-state index contributed by atoms with van der Waals surface area (Å²) in [5, 5.41) is 49.6. The largest absolute Gasteiger partial charge is 0.508 e. The highest BCUT2D eigenvalue weighted by Crippen LogP contribution is 2.36. The van der Waals surface area contributed by atoms with E-state index in [1.807, 2.05) is 0 Å². The first-order valence-corrected chi connectivity index (χ1v) is 11.7. The number of nitrogens with one attached hydrogen (secondary N) is 4. The van der Waals surface area contributed by atoms with Gasteiger partial charge in [0.2, 0.25) is 5.91 Å². The number of phenols is 2. The van der Waals surface area contributed by atoms with Crippen molar-refractivity contribution in [2.45, 2.75) is 18.6 Å². The van der Waals surface area contributed by atoms with E-state index in [1.54, 1.807) is 0 Å². The number of amides is 2. The number of aliphatic carboxylic acids is 1. The second kappa shape index (κ2) is 11.9. The Morgan fingerprint density at radius 1 is 1.19 bits per heavy atom. The number of carbonyl (C=O) groups excluding carboxylic acids is 2. The minimum Gasteiger partial charge on any atom is -0.508 e. The molecule has 2 aromatic carbocycles. The average Bonchev–Trinajstić information content (AvgIpc) is 2.80. The molecule has 2 aromatic rings. The minimum absolute atomic E-state index is 0.0313. The Kier molecular flexibility index (Phi) is 8.96. The second-order valence-electron chi connectivity index (χ2n) is 7.84. The molecule has 3 rings (SSSR count). The van der Waals surface area contributed by atoms with Gasteiger partial charge < -0.3 is 41.7 Å². The molecular formula is C22H23BrClN5O7. The van der Waals surface area contributed by atoms with Gasteiger partial charge in [0, 0.05) is 33.9 Å². The monoisotopic (exact) mass is 583 g/mol. The van der Waals surface area contributed by atoms with E-state index >= 15 is 0 Å². The number of rotatable bonds is 8. The molecule has 2 atom stereocenters. The van der Waals surface area contributed by atoms with Crippen LogP contribution in [0, 0.1) is 0 Å². The van der Waals surface area contributed by atoms with Crippen molar-refractivity contribution in [3.05, 3.63) is 51.0 Å². The number of hydrogen-bond acceptors (Lipinski definition) is 9. The number of anilines is 1. The molecule has 0 spiro atoms. The molecule has 0 aliphatic carbocycles. The quantitative estimate of drug-likeness (QED) is 0.226. The standard InChI is InChI=1S/C22H23BrClN5O7/c23-11-3-15(20(35)16(24)4-11)17(6-19(33)34)29-18(32)9-25-21(36)10-1-12(5-13(30)2-10)28-22-26-7-14(31)8-27-22/h1-5,14,17,30-31,35H,6-9H2,(H,25,36)(H,29,32)(H,33,34)(H2,26,27,28)/t17-/m0/s1. The number of phenolic OH excluding ortho intramolecular Hbond substituents is 2. The maximum Gasteiger partial charge on any atom is 0.305 e. The van der Waals surface area contributed by atoms with Crippen LogP contribution in [0.4, 0.5) is 5.69 Å². The van der Waals surface area contributed by atoms with E-state index in [9.17, 15) is 34.8 Å². The Balaban J connectivity index is 1.66. The molecule has 192 valence electrons. The highest BCUT2D eigenvalue weighted by molar-refractivity contribution is 9.10. The summed E-state index contributed by atoms with van der Waals surface area (Å²) in [5.41, 5.74) is 0.475. The van der Waals surface area contributed by atoms with Gasteiger partial charge in [0.05, 0.1) is 36.7 Å². The van der Waals surface area contributed by atoms with Gasteiger partial charge in [-0.3, -0.25) is 19.4 Å². The number of aliphatic hydroxyl groups is 1. The Morgan fingerprint density at radius 3 is 2.61 bits per heavy atom. The van der Waals surface area contributed by atoms with Crippen LogP contribution in [0.5, 0.6) is 11.5 Å². The number of hydrogen-bond donors (Lipinski definition) is 8. The molecule has 36 heavy (non-hydrogen) atoms. The number of carboxylic acid groups (broad SMARTS) is 1. The zero-order valence-corrected chi connectivity index (χ0v) is 20.9. The molecule has 1 aliphatic rings. The van der Waals surface area contributed by atoms with E-state index in [2.05, 4.69) is 42.2 Å². The van der Waals surface area contributed by atoms with Crippen molar-refractivity contribution in [2.24, 2.45) is 4.99 Å². The molecule has 0 saturated heterocycles. The molecule has 2 amide bonds. The zero-order valence-electron chi connectivity index (χ0n) is 18.6. The lowest BCUT2D eigenvalue weighted by atomic mass is 10.0. The van der Waals surface area contributed by atoms with Crippen molar-refractivity contribution < 1.29 is 34.8 Å². The van der Waals surface area contributed by atoms with Gasteiger partial charge in [0.1, 0.15) is 11.5 Å². The predicted molar refractivity (Wildman–Crippen MR) is 134 cm³/mol. The Hall–Kier alpha value is -3.55. The molecule has 8 N–H and O–H groups in total. The normalized spacial score (nSPS) is 15.8. The van der Waals surface area contributed by atoms with Crippen LogP contribution in [0.25, 0.3) is 0 Å². The summed E-state index contributed by atoms with van der Waals surface area (Å²) in [4.78, 5) is 40.5. The number of β-amino-alcohol motifs (C(OH)–C–C–N with tert-alkyl or cyclic N) is 1. The number of benzene rings is 2. The molecule has 1 unspecified atom stereocenters. The van der Waals surface area contributed by atoms with Crippen LogP contribution in [-0.4, -0.2) is 69.9 Å². The van der Waals surface area contributed by atoms with E-state index in [4.69, 9.17) is 11.6 Å². The van der Waals surface area contributed by atoms with Gasteiger partial charge in [-0.1, -0.05) is 27.5 Å². The number of nitrogens with zero attached hydrogens (tertiary/aromatic N) is 1. The molecule has 0 radical (unpaired) electrons. The SMILES string of the molecule is O=C(O)C[C@H](NC(=O)CNC(=O)c1cc(O)cc(NC2=NCC(O)CN2)c1)c1cc(Br)cc(Cl)c1O. The molecule has 1 aliphatic heterocycles. The van der Waals surface area contributed by atoms with Crippen molar-refractivity contribution in [2.75, 3.05) is 25.0 Å². The van der Waals surface area contributed by atoms with E-state index < -0.39 is 42.9 Å². The van der Waals surface area contributed by atoms with Gasteiger partial charge in [0.15, 0.2) is 5.96 Å². The summed E-state index contributed by atoms with van der Waals surface area (Å²) in [6.45, 7) is -0.0225. The summed E-state index contributed by atoms with van der Waals surface area (Å²) >= 11 is 9.16. The smallest absolute Gasteiger partial charge is 0.305 e. The van der Waals surface area contributed by atoms with Crippen LogP contribution in [0.3, 0.4) is 0 Å². The third-order valence-corrected chi connectivity index (χ3v) is 5.71. The fourth-order valence-electron chi connectivity index (χ4n) is 3.34. The Morgan fingerprint density at radius 2 is 1.94 bits per heavy atom. The Labute approximate surface area is 218 Å². The van der Waals surface area contributed by atoms with Crippen molar-refractivity contribution in [3.63, 3.8) is 0 Å². The maximum absolute atomic E-state index is 12.6. The molecule has 1 heterocycles. The third-order valence-electron chi connectivity index (χ3n) is 4.96. The van der Waals surface area contributed by atoms with Crippen molar-refractivity contribution >= 4 is 57.0 Å². The number of halogens is 2. The predicted octanol–water partition coefficient (Wildman–Crippen LogP) is 1.31. The van der Waals surface area contributed by atoms with E-state index in [0.29, 0.717) is 22.7 Å². The summed E-state index contributed by atoms with van der Waals surface area (Å²) in [7, 11) is 0. The first-order valence-electron chi connectivity index (χ1n) is 10.6. The van der Waals surface area contributed by atoms with Crippen LogP contribution in [0.2, 0.25) is 5.02 Å². The highest BCUT2D eigenvalue weighted by Gasteiger charge is 2.23. The minimum atomic E-state index is -1.23. The molecule has 0 bridgehead atoms. The molecule has 0 fully saturated rings. The molecule has 12 nitrogen and oxygen atoms in total. The fourth-order valence-corrected chi connectivity index (χ4v) is 4.17. The number of aromatic hydroxyl groups is 2. The van der Waals surface area contributed by atoms with Crippen LogP contribution in [0.15, 0.2) is 39.8 Å². The third kappa shape index (κ3) is 7.47. The topological polar surface area (TPSA) is 193 Å². The van der Waals surface area contributed by atoms with Gasteiger partial charge in [-0.05, 0) is 24.3 Å². The van der Waals surface area contributed by atoms with Crippen molar-refractivity contribution in [1.29, 1.82) is 0 Å². The zero-order chi connectivity index (χ0) is 26.4. The number of carboxylic acids is 1. The van der Waals surface area contributed by atoms with Gasteiger partial charge in [-0.15, -0.1) is 0 Å². The lowest BCUT2D eigenvalue weighted by molar-refractivity contribution is -0.137. The second-order valence-corrected chi connectivity index (χ2v) is 9.17. The lowest BCUT2D eigenvalue weighted by Gasteiger charge is -2.20. The average molecular weight is 585 g/mol. The molecule has 14 heteroatoms. The molecule has 0 aromatic heterocycles.